The monoisotopic (exact) mass is 411 g/mol. The van der Waals surface area contributed by atoms with Gasteiger partial charge in [-0.2, -0.15) is 0 Å². The summed E-state index contributed by atoms with van der Waals surface area (Å²) in [5.41, 5.74) is 2.40. The van der Waals surface area contributed by atoms with E-state index in [0.717, 1.165) is 12.1 Å². The molecule has 2 amide bonds. The number of esters is 1. The Hall–Kier alpha value is -3.35. The molecule has 2 aromatic rings. The molecule has 0 spiro atoms. The Bertz CT molecular complexity index is 844. The highest BCUT2D eigenvalue weighted by atomic mass is 16.5. The average molecular weight is 412 g/mol. The molecule has 0 atom stereocenters. The molecule has 0 unspecified atom stereocenters. The van der Waals surface area contributed by atoms with Crippen molar-refractivity contribution in [1.29, 1.82) is 0 Å². The lowest BCUT2D eigenvalue weighted by atomic mass is 10.1. The molecule has 0 heterocycles. The van der Waals surface area contributed by atoms with E-state index in [9.17, 15) is 14.4 Å². The van der Waals surface area contributed by atoms with E-state index in [2.05, 4.69) is 10.6 Å². The molecule has 7 heteroatoms. The molecular formula is C23H29N3O4. The van der Waals surface area contributed by atoms with Gasteiger partial charge in [0.15, 0.2) is 0 Å². The van der Waals surface area contributed by atoms with Crippen molar-refractivity contribution in [3.8, 4) is 0 Å². The summed E-state index contributed by atoms with van der Waals surface area (Å²) in [4.78, 5) is 38.0. The Labute approximate surface area is 177 Å². The minimum Gasteiger partial charge on any atom is -0.462 e. The van der Waals surface area contributed by atoms with Crippen molar-refractivity contribution < 1.29 is 19.1 Å². The molecule has 0 saturated carbocycles. The molecule has 2 N–H and O–H groups in total. The van der Waals surface area contributed by atoms with Crippen LogP contribution in [0.3, 0.4) is 0 Å². The van der Waals surface area contributed by atoms with Crippen molar-refractivity contribution in [3.05, 3.63) is 59.7 Å². The van der Waals surface area contributed by atoms with Crippen molar-refractivity contribution in [2.75, 3.05) is 36.9 Å². The third-order valence-corrected chi connectivity index (χ3v) is 4.48. The van der Waals surface area contributed by atoms with Crippen molar-refractivity contribution in [3.63, 3.8) is 0 Å². The van der Waals surface area contributed by atoms with Gasteiger partial charge in [0, 0.05) is 30.0 Å². The van der Waals surface area contributed by atoms with Crippen LogP contribution in [-0.4, -0.2) is 48.9 Å². The van der Waals surface area contributed by atoms with Gasteiger partial charge in [-0.1, -0.05) is 6.92 Å². The number of nitrogens with zero attached hydrogens (tertiary/aromatic N) is 1. The summed E-state index contributed by atoms with van der Waals surface area (Å²) < 4.78 is 5.08. The van der Waals surface area contributed by atoms with Gasteiger partial charge in [-0.15, -0.1) is 0 Å². The number of amides is 2. The van der Waals surface area contributed by atoms with Crippen molar-refractivity contribution in [2.45, 2.75) is 27.2 Å². The summed E-state index contributed by atoms with van der Waals surface area (Å²) in [5.74, 6) is -0.602. The van der Waals surface area contributed by atoms with Gasteiger partial charge in [-0.25, -0.2) is 4.79 Å². The highest BCUT2D eigenvalue weighted by Gasteiger charge is 2.12. The first-order valence-corrected chi connectivity index (χ1v) is 10.2. The number of hydrogen-bond donors (Lipinski definition) is 2. The maximum atomic E-state index is 12.3. The maximum Gasteiger partial charge on any atom is 0.338 e. The fraction of sp³-hybridized carbons (Fsp3) is 0.348. The van der Waals surface area contributed by atoms with Crippen LogP contribution in [0, 0.1) is 0 Å². The standard InChI is InChI=1S/C23H29N3O4/c1-4-15-30-23(29)18-9-11-19(12-10-18)24-16-21(27)25-20-13-7-17(8-14-20)22(28)26(5-2)6-3/h7-14,24H,4-6,15-16H2,1-3H3,(H,25,27). The number of anilines is 2. The number of hydrogen-bond acceptors (Lipinski definition) is 5. The smallest absolute Gasteiger partial charge is 0.338 e. The second-order valence-electron chi connectivity index (χ2n) is 6.67. The highest BCUT2D eigenvalue weighted by Crippen LogP contribution is 2.13. The van der Waals surface area contributed by atoms with Crippen LogP contribution >= 0.6 is 0 Å². The van der Waals surface area contributed by atoms with Gasteiger partial charge in [0.25, 0.3) is 5.91 Å². The normalized spacial score (nSPS) is 10.2. The van der Waals surface area contributed by atoms with E-state index in [1.54, 1.807) is 53.4 Å². The number of nitrogens with one attached hydrogen (secondary N) is 2. The van der Waals surface area contributed by atoms with E-state index in [-0.39, 0.29) is 24.3 Å². The fourth-order valence-electron chi connectivity index (χ4n) is 2.78. The fourth-order valence-corrected chi connectivity index (χ4v) is 2.78. The van der Waals surface area contributed by atoms with Gasteiger partial charge in [-0.3, -0.25) is 9.59 Å². The molecule has 30 heavy (non-hydrogen) atoms. The van der Waals surface area contributed by atoms with E-state index in [1.807, 2.05) is 20.8 Å². The van der Waals surface area contributed by atoms with Crippen molar-refractivity contribution in [2.24, 2.45) is 0 Å². The quantitative estimate of drug-likeness (QED) is 0.581. The zero-order chi connectivity index (χ0) is 21.9. The Morgan fingerprint density at radius 2 is 1.40 bits per heavy atom. The first kappa shape index (κ1) is 22.9. The summed E-state index contributed by atoms with van der Waals surface area (Å²) in [6.45, 7) is 7.58. The zero-order valence-electron chi connectivity index (χ0n) is 17.7. The average Bonchev–Trinajstić information content (AvgIpc) is 2.77. The topological polar surface area (TPSA) is 87.7 Å². The SMILES string of the molecule is CCCOC(=O)c1ccc(NCC(=O)Nc2ccc(C(=O)N(CC)CC)cc2)cc1. The molecule has 0 saturated heterocycles. The number of ether oxygens (including phenoxy) is 1. The van der Waals surface area contributed by atoms with Gasteiger partial charge in [0.05, 0.1) is 18.7 Å². The largest absolute Gasteiger partial charge is 0.462 e. The molecule has 0 fully saturated rings. The van der Waals surface area contributed by atoms with Gasteiger partial charge in [-0.05, 0) is 68.8 Å². The molecule has 2 rings (SSSR count). The van der Waals surface area contributed by atoms with E-state index in [1.165, 1.54) is 0 Å². The second kappa shape index (κ2) is 11.6. The van der Waals surface area contributed by atoms with Crippen LogP contribution in [0.25, 0.3) is 0 Å². The summed E-state index contributed by atoms with van der Waals surface area (Å²) in [5, 5.41) is 5.80. The summed E-state index contributed by atoms with van der Waals surface area (Å²) in [6, 6.07) is 13.6. The number of carbonyl (C=O) groups is 3. The molecule has 0 aliphatic heterocycles. The van der Waals surface area contributed by atoms with Crippen LogP contribution in [0.5, 0.6) is 0 Å². The van der Waals surface area contributed by atoms with Crippen molar-refractivity contribution >= 4 is 29.2 Å². The third kappa shape index (κ3) is 6.62. The number of carbonyl (C=O) groups excluding carboxylic acids is 3. The number of rotatable bonds is 10. The molecule has 0 bridgehead atoms. The third-order valence-electron chi connectivity index (χ3n) is 4.48. The molecule has 0 radical (unpaired) electrons. The van der Waals surface area contributed by atoms with Crippen LogP contribution in [0.2, 0.25) is 0 Å². The van der Waals surface area contributed by atoms with Crippen LogP contribution < -0.4 is 10.6 Å². The first-order chi connectivity index (χ1) is 14.5. The van der Waals surface area contributed by atoms with E-state index in [4.69, 9.17) is 4.74 Å². The van der Waals surface area contributed by atoms with E-state index >= 15 is 0 Å². The molecule has 0 aliphatic carbocycles. The Balaban J connectivity index is 1.84. The number of benzene rings is 2. The van der Waals surface area contributed by atoms with Gasteiger partial charge < -0.3 is 20.3 Å². The lowest BCUT2D eigenvalue weighted by Gasteiger charge is -2.18. The molecule has 0 aromatic heterocycles. The van der Waals surface area contributed by atoms with Crippen LogP contribution in [0.1, 0.15) is 47.9 Å². The summed E-state index contributed by atoms with van der Waals surface area (Å²) in [7, 11) is 0. The minimum absolute atomic E-state index is 0.0263. The summed E-state index contributed by atoms with van der Waals surface area (Å²) >= 11 is 0. The maximum absolute atomic E-state index is 12.3. The van der Waals surface area contributed by atoms with Gasteiger partial charge >= 0.3 is 5.97 Å². The molecular weight excluding hydrogens is 382 g/mol. The molecule has 160 valence electrons. The Morgan fingerprint density at radius 3 is 1.97 bits per heavy atom. The molecule has 2 aromatic carbocycles. The lowest BCUT2D eigenvalue weighted by molar-refractivity contribution is -0.114. The van der Waals surface area contributed by atoms with Crippen molar-refractivity contribution in [1.82, 2.24) is 4.90 Å². The second-order valence-corrected chi connectivity index (χ2v) is 6.67. The van der Waals surface area contributed by atoms with Gasteiger partial charge in [0.1, 0.15) is 0 Å². The van der Waals surface area contributed by atoms with E-state index < -0.39 is 0 Å². The molecule has 7 nitrogen and oxygen atoms in total. The zero-order valence-corrected chi connectivity index (χ0v) is 17.7. The predicted octanol–water partition coefficient (Wildman–Crippen LogP) is 3.79. The summed E-state index contributed by atoms with van der Waals surface area (Å²) in [6.07, 6.45) is 0.773. The Morgan fingerprint density at radius 1 is 0.833 bits per heavy atom. The van der Waals surface area contributed by atoms with Crippen LogP contribution in [0.4, 0.5) is 11.4 Å². The van der Waals surface area contributed by atoms with E-state index in [0.29, 0.717) is 36.5 Å². The highest BCUT2D eigenvalue weighted by molar-refractivity contribution is 5.96. The Kier molecular flexibility index (Phi) is 8.87. The lowest BCUT2D eigenvalue weighted by Crippen LogP contribution is -2.30. The van der Waals surface area contributed by atoms with Gasteiger partial charge in [0.2, 0.25) is 5.91 Å². The van der Waals surface area contributed by atoms with Crippen LogP contribution in [-0.2, 0) is 9.53 Å². The van der Waals surface area contributed by atoms with Crippen LogP contribution in [0.15, 0.2) is 48.5 Å². The first-order valence-electron chi connectivity index (χ1n) is 10.2. The predicted molar refractivity (Wildman–Crippen MR) is 118 cm³/mol. The minimum atomic E-state index is -0.357. The molecule has 0 aliphatic rings.